The van der Waals surface area contributed by atoms with Crippen molar-refractivity contribution in [2.75, 3.05) is 37.7 Å². The molecule has 30 heavy (non-hydrogen) atoms. The van der Waals surface area contributed by atoms with Gasteiger partial charge in [0.25, 0.3) is 0 Å². The van der Waals surface area contributed by atoms with Gasteiger partial charge in [-0.15, -0.1) is 0 Å². The van der Waals surface area contributed by atoms with Gasteiger partial charge in [-0.05, 0) is 42.7 Å². The number of anilines is 1. The maximum atomic E-state index is 13.1. The normalized spacial score (nSPS) is 18.6. The van der Waals surface area contributed by atoms with Gasteiger partial charge in [0, 0.05) is 31.9 Å². The van der Waals surface area contributed by atoms with E-state index >= 15 is 0 Å². The molecular formula is C23H26FN3O3. The van der Waals surface area contributed by atoms with Crippen LogP contribution in [0.1, 0.15) is 18.4 Å². The number of amides is 2. The molecule has 1 saturated carbocycles. The maximum absolute atomic E-state index is 13.1. The SMILES string of the molecule is O=C(C(CO)NC(=O)C1(c2ccccc2)CC1)N1CCN(c2ccc(F)cc2)CC1. The lowest BCUT2D eigenvalue weighted by Crippen LogP contribution is -2.57. The summed E-state index contributed by atoms with van der Waals surface area (Å²) < 4.78 is 13.1. The smallest absolute Gasteiger partial charge is 0.247 e. The Hall–Kier alpha value is -2.93. The highest BCUT2D eigenvalue weighted by atomic mass is 19.1. The second-order valence-electron chi connectivity index (χ2n) is 7.95. The van der Waals surface area contributed by atoms with Crippen molar-refractivity contribution in [2.24, 2.45) is 0 Å². The number of piperazine rings is 1. The predicted octanol–water partition coefficient (Wildman–Crippen LogP) is 1.68. The molecule has 2 fully saturated rings. The van der Waals surface area contributed by atoms with E-state index in [1.165, 1.54) is 12.1 Å². The van der Waals surface area contributed by atoms with Gasteiger partial charge in [0.2, 0.25) is 11.8 Å². The molecule has 2 aliphatic rings. The summed E-state index contributed by atoms with van der Waals surface area (Å²) in [6, 6.07) is 14.9. The predicted molar refractivity (Wildman–Crippen MR) is 112 cm³/mol. The Kier molecular flexibility index (Phi) is 5.72. The Balaban J connectivity index is 1.35. The standard InChI is InChI=1S/C23H26FN3O3/c24-18-6-8-19(9-7-18)26-12-14-27(15-13-26)21(29)20(16-28)25-22(30)23(10-11-23)17-4-2-1-3-5-17/h1-9,20,28H,10-16H2,(H,25,30). The number of halogens is 1. The van der Waals surface area contributed by atoms with Gasteiger partial charge < -0.3 is 20.2 Å². The Morgan fingerprint density at radius 2 is 1.63 bits per heavy atom. The van der Waals surface area contributed by atoms with Crippen LogP contribution in [0.2, 0.25) is 0 Å². The Morgan fingerprint density at radius 3 is 2.20 bits per heavy atom. The van der Waals surface area contributed by atoms with Crippen LogP contribution in [-0.2, 0) is 15.0 Å². The van der Waals surface area contributed by atoms with E-state index < -0.39 is 18.1 Å². The van der Waals surface area contributed by atoms with Crippen LogP contribution in [0.25, 0.3) is 0 Å². The molecule has 1 saturated heterocycles. The minimum Gasteiger partial charge on any atom is -0.394 e. The van der Waals surface area contributed by atoms with E-state index in [2.05, 4.69) is 10.2 Å². The number of hydrogen-bond donors (Lipinski definition) is 2. The molecule has 7 heteroatoms. The minimum absolute atomic E-state index is 0.203. The van der Waals surface area contributed by atoms with Crippen molar-refractivity contribution in [3.05, 3.63) is 66.0 Å². The molecular weight excluding hydrogens is 385 g/mol. The van der Waals surface area contributed by atoms with Crippen LogP contribution in [0.3, 0.4) is 0 Å². The summed E-state index contributed by atoms with van der Waals surface area (Å²) in [6.45, 7) is 1.74. The number of carbonyl (C=O) groups is 2. The molecule has 1 aliphatic heterocycles. The Morgan fingerprint density at radius 1 is 1.00 bits per heavy atom. The van der Waals surface area contributed by atoms with Gasteiger partial charge in [-0.2, -0.15) is 0 Å². The largest absolute Gasteiger partial charge is 0.394 e. The van der Waals surface area contributed by atoms with Gasteiger partial charge in [0.1, 0.15) is 11.9 Å². The molecule has 0 radical (unpaired) electrons. The molecule has 4 rings (SSSR count). The summed E-state index contributed by atoms with van der Waals surface area (Å²) >= 11 is 0. The van der Waals surface area contributed by atoms with Crippen molar-refractivity contribution in [1.29, 1.82) is 0 Å². The first-order chi connectivity index (χ1) is 14.5. The molecule has 1 aliphatic carbocycles. The summed E-state index contributed by atoms with van der Waals surface area (Å²) in [5.41, 5.74) is 1.27. The molecule has 0 aromatic heterocycles. The van der Waals surface area contributed by atoms with Gasteiger partial charge in [0.15, 0.2) is 0 Å². The molecule has 1 atom stereocenters. The topological polar surface area (TPSA) is 72.9 Å². The summed E-state index contributed by atoms with van der Waals surface area (Å²) in [5, 5.41) is 12.6. The quantitative estimate of drug-likeness (QED) is 0.759. The molecule has 158 valence electrons. The number of nitrogens with zero attached hydrogens (tertiary/aromatic N) is 2. The first-order valence-corrected chi connectivity index (χ1v) is 10.3. The average Bonchev–Trinajstić information content (AvgIpc) is 3.60. The molecule has 1 unspecified atom stereocenters. The summed E-state index contributed by atoms with van der Waals surface area (Å²) in [6.07, 6.45) is 1.48. The van der Waals surface area contributed by atoms with E-state index in [4.69, 9.17) is 0 Å². The number of aliphatic hydroxyl groups is 1. The third-order valence-electron chi connectivity index (χ3n) is 6.08. The van der Waals surface area contributed by atoms with Crippen LogP contribution < -0.4 is 10.2 Å². The van der Waals surface area contributed by atoms with E-state index in [1.54, 1.807) is 17.0 Å². The van der Waals surface area contributed by atoms with Gasteiger partial charge in [-0.1, -0.05) is 30.3 Å². The number of carbonyl (C=O) groups excluding carboxylic acids is 2. The van der Waals surface area contributed by atoms with Crippen molar-refractivity contribution in [3.8, 4) is 0 Å². The van der Waals surface area contributed by atoms with E-state index in [0.717, 1.165) is 24.1 Å². The lowest BCUT2D eigenvalue weighted by atomic mass is 9.94. The van der Waals surface area contributed by atoms with Crippen molar-refractivity contribution >= 4 is 17.5 Å². The van der Waals surface area contributed by atoms with Crippen LogP contribution in [0, 0.1) is 5.82 Å². The van der Waals surface area contributed by atoms with Gasteiger partial charge >= 0.3 is 0 Å². The van der Waals surface area contributed by atoms with Crippen LogP contribution >= 0.6 is 0 Å². The zero-order chi connectivity index (χ0) is 21.1. The van der Waals surface area contributed by atoms with Crippen molar-refractivity contribution in [1.82, 2.24) is 10.2 Å². The van der Waals surface area contributed by atoms with Gasteiger partial charge in [-0.25, -0.2) is 4.39 Å². The van der Waals surface area contributed by atoms with Crippen molar-refractivity contribution in [3.63, 3.8) is 0 Å². The highest BCUT2D eigenvalue weighted by Crippen LogP contribution is 2.48. The summed E-state index contributed by atoms with van der Waals surface area (Å²) in [5.74, 6) is -0.752. The highest BCUT2D eigenvalue weighted by Gasteiger charge is 2.52. The average molecular weight is 411 g/mol. The lowest BCUT2D eigenvalue weighted by Gasteiger charge is -2.37. The first-order valence-electron chi connectivity index (χ1n) is 10.3. The Bertz CT molecular complexity index is 892. The second-order valence-corrected chi connectivity index (χ2v) is 7.95. The number of aliphatic hydroxyl groups excluding tert-OH is 1. The summed E-state index contributed by atoms with van der Waals surface area (Å²) in [4.78, 5) is 29.6. The maximum Gasteiger partial charge on any atom is 0.247 e. The summed E-state index contributed by atoms with van der Waals surface area (Å²) in [7, 11) is 0. The number of hydrogen-bond acceptors (Lipinski definition) is 4. The number of rotatable bonds is 6. The van der Waals surface area contributed by atoms with Crippen LogP contribution in [0.5, 0.6) is 0 Å². The fraction of sp³-hybridized carbons (Fsp3) is 0.391. The second kappa shape index (κ2) is 8.44. The van der Waals surface area contributed by atoms with E-state index in [0.29, 0.717) is 26.2 Å². The third-order valence-corrected chi connectivity index (χ3v) is 6.08. The van der Waals surface area contributed by atoms with Crippen LogP contribution in [-0.4, -0.2) is 60.6 Å². The molecule has 2 amide bonds. The fourth-order valence-electron chi connectivity index (χ4n) is 4.07. The molecule has 0 bridgehead atoms. The van der Waals surface area contributed by atoms with E-state index in [9.17, 15) is 19.1 Å². The monoisotopic (exact) mass is 411 g/mol. The van der Waals surface area contributed by atoms with E-state index in [-0.39, 0.29) is 17.6 Å². The number of benzene rings is 2. The number of nitrogens with one attached hydrogen (secondary N) is 1. The van der Waals surface area contributed by atoms with Crippen molar-refractivity contribution in [2.45, 2.75) is 24.3 Å². The third kappa shape index (κ3) is 4.03. The fourth-order valence-corrected chi connectivity index (χ4v) is 4.07. The van der Waals surface area contributed by atoms with Gasteiger partial charge in [-0.3, -0.25) is 9.59 Å². The molecule has 1 heterocycles. The zero-order valence-electron chi connectivity index (χ0n) is 16.8. The highest BCUT2D eigenvalue weighted by molar-refractivity contribution is 5.95. The van der Waals surface area contributed by atoms with E-state index in [1.807, 2.05) is 30.3 Å². The van der Waals surface area contributed by atoms with Crippen LogP contribution in [0.15, 0.2) is 54.6 Å². The molecule has 2 N–H and O–H groups in total. The van der Waals surface area contributed by atoms with Gasteiger partial charge in [0.05, 0.1) is 12.0 Å². The van der Waals surface area contributed by atoms with Crippen LogP contribution in [0.4, 0.5) is 10.1 Å². The first kappa shape index (κ1) is 20.3. The molecule has 0 spiro atoms. The van der Waals surface area contributed by atoms with Crippen molar-refractivity contribution < 1.29 is 19.1 Å². The molecule has 2 aromatic rings. The zero-order valence-corrected chi connectivity index (χ0v) is 16.8. The molecule has 2 aromatic carbocycles. The Labute approximate surface area is 175 Å². The minimum atomic E-state index is -0.948. The molecule has 6 nitrogen and oxygen atoms in total. The lowest BCUT2D eigenvalue weighted by molar-refractivity contribution is -0.138.